The van der Waals surface area contributed by atoms with E-state index in [9.17, 15) is 10.3 Å². The van der Waals surface area contributed by atoms with E-state index in [1.54, 1.807) is 0 Å². The quantitative estimate of drug-likeness (QED) is 0.312. The van der Waals surface area contributed by atoms with Crippen LogP contribution in [0.15, 0.2) is 0 Å². The van der Waals surface area contributed by atoms with Crippen molar-refractivity contribution in [3.05, 3.63) is 0 Å². The monoisotopic (exact) mass is 179 g/mol. The molecule has 0 amide bonds. The Morgan fingerprint density at radius 3 is 1.92 bits per heavy atom. The van der Waals surface area contributed by atoms with E-state index in [2.05, 4.69) is 0 Å². The van der Waals surface area contributed by atoms with Crippen LogP contribution in [0.5, 0.6) is 0 Å². The van der Waals surface area contributed by atoms with E-state index in [-0.39, 0.29) is 6.54 Å². The van der Waals surface area contributed by atoms with Crippen molar-refractivity contribution >= 4 is 0 Å². The normalized spacial score (nSPS) is 35.8. The van der Waals surface area contributed by atoms with Crippen molar-refractivity contribution in [2.45, 2.75) is 17.7 Å². The molecular formula is C6H13NO5. The Morgan fingerprint density at radius 2 is 1.75 bits per heavy atom. The number of hydrogen-bond donors (Lipinski definition) is 5. The van der Waals surface area contributed by atoms with Gasteiger partial charge in [-0.2, -0.15) is 5.06 Å². The predicted molar refractivity (Wildman–Crippen MR) is 37.4 cm³/mol. The second kappa shape index (κ2) is 3.25. The molecule has 1 aliphatic rings. The van der Waals surface area contributed by atoms with Crippen LogP contribution in [0.4, 0.5) is 0 Å². The summed E-state index contributed by atoms with van der Waals surface area (Å²) < 4.78 is 0. The van der Waals surface area contributed by atoms with E-state index in [0.717, 1.165) is 0 Å². The number of hydroxylamine groups is 2. The summed E-state index contributed by atoms with van der Waals surface area (Å²) >= 11 is 0. The van der Waals surface area contributed by atoms with Crippen molar-refractivity contribution in [3.8, 4) is 0 Å². The molecule has 2 atom stereocenters. The summed E-state index contributed by atoms with van der Waals surface area (Å²) in [6.45, 7) is -1.40. The molecule has 0 aliphatic carbocycles. The van der Waals surface area contributed by atoms with Gasteiger partial charge in [0.15, 0.2) is 0 Å². The molecule has 0 aromatic rings. The van der Waals surface area contributed by atoms with Gasteiger partial charge in [-0.3, -0.25) is 0 Å². The standard InChI is InChI=1S/C6H13NO5/c8-2-6(3-9)5(11)4(10)1-7(6)12/h4-5,8-12H,1-3H2. The van der Waals surface area contributed by atoms with Gasteiger partial charge in [-0.05, 0) is 0 Å². The highest BCUT2D eigenvalue weighted by Crippen LogP contribution is 2.27. The molecule has 1 aliphatic heterocycles. The minimum Gasteiger partial charge on any atom is -0.394 e. The van der Waals surface area contributed by atoms with E-state index in [4.69, 9.17) is 15.3 Å². The van der Waals surface area contributed by atoms with Crippen molar-refractivity contribution in [3.63, 3.8) is 0 Å². The largest absolute Gasteiger partial charge is 0.394 e. The highest BCUT2D eigenvalue weighted by atomic mass is 16.5. The molecule has 0 saturated carbocycles. The molecular weight excluding hydrogens is 166 g/mol. The second-order valence-electron chi connectivity index (χ2n) is 3.01. The highest BCUT2D eigenvalue weighted by Gasteiger charge is 2.52. The first kappa shape index (κ1) is 9.85. The lowest BCUT2D eigenvalue weighted by Crippen LogP contribution is -2.56. The van der Waals surface area contributed by atoms with Crippen LogP contribution >= 0.6 is 0 Å². The first-order valence-electron chi connectivity index (χ1n) is 3.63. The Kier molecular flexibility index (Phi) is 2.67. The van der Waals surface area contributed by atoms with Crippen LogP contribution in [-0.2, 0) is 0 Å². The Morgan fingerprint density at radius 1 is 1.25 bits per heavy atom. The van der Waals surface area contributed by atoms with Crippen LogP contribution < -0.4 is 0 Å². The second-order valence-corrected chi connectivity index (χ2v) is 3.01. The minimum absolute atomic E-state index is 0.178. The van der Waals surface area contributed by atoms with Gasteiger partial charge < -0.3 is 25.6 Å². The molecule has 1 rings (SSSR count). The van der Waals surface area contributed by atoms with E-state index in [1.165, 1.54) is 0 Å². The smallest absolute Gasteiger partial charge is 0.120 e. The van der Waals surface area contributed by atoms with Gasteiger partial charge in [0.25, 0.3) is 0 Å². The van der Waals surface area contributed by atoms with Gasteiger partial charge in [0.1, 0.15) is 11.6 Å². The van der Waals surface area contributed by atoms with Crippen LogP contribution in [-0.4, -0.2) is 68.2 Å². The molecule has 0 bridgehead atoms. The Labute approximate surface area is 69.2 Å². The zero-order valence-electron chi connectivity index (χ0n) is 6.46. The topological polar surface area (TPSA) is 104 Å². The van der Waals surface area contributed by atoms with Crippen molar-refractivity contribution in [2.24, 2.45) is 0 Å². The number of aliphatic hydroxyl groups is 4. The van der Waals surface area contributed by atoms with Gasteiger partial charge >= 0.3 is 0 Å². The molecule has 1 fully saturated rings. The Bertz CT molecular complexity index is 160. The summed E-state index contributed by atoms with van der Waals surface area (Å²) in [5.41, 5.74) is -1.53. The first-order chi connectivity index (χ1) is 5.58. The highest BCUT2D eigenvalue weighted by molar-refractivity contribution is 5.03. The first-order valence-corrected chi connectivity index (χ1v) is 3.63. The Balaban J connectivity index is 2.85. The van der Waals surface area contributed by atoms with Crippen LogP contribution in [0.3, 0.4) is 0 Å². The summed E-state index contributed by atoms with van der Waals surface area (Å²) in [7, 11) is 0. The molecule has 72 valence electrons. The average molecular weight is 179 g/mol. The average Bonchev–Trinajstić information content (AvgIpc) is 2.26. The summed E-state index contributed by atoms with van der Waals surface area (Å²) in [6, 6.07) is 0. The van der Waals surface area contributed by atoms with Crippen molar-refractivity contribution < 1.29 is 25.6 Å². The molecule has 0 radical (unpaired) electrons. The van der Waals surface area contributed by atoms with Crippen molar-refractivity contribution in [1.82, 2.24) is 5.06 Å². The molecule has 0 spiro atoms. The SMILES string of the molecule is OCC1(CO)C(O)C(O)CN1O. The summed E-state index contributed by atoms with van der Waals surface area (Å²) in [5.74, 6) is 0. The molecule has 5 N–H and O–H groups in total. The van der Waals surface area contributed by atoms with Gasteiger partial charge in [0.05, 0.1) is 25.9 Å². The van der Waals surface area contributed by atoms with Gasteiger partial charge in [0, 0.05) is 0 Å². The third-order valence-corrected chi connectivity index (χ3v) is 2.34. The third kappa shape index (κ3) is 1.13. The zero-order valence-corrected chi connectivity index (χ0v) is 6.46. The van der Waals surface area contributed by atoms with Gasteiger partial charge in [-0.25, -0.2) is 0 Å². The van der Waals surface area contributed by atoms with E-state index < -0.39 is 31.0 Å². The van der Waals surface area contributed by atoms with Crippen LogP contribution in [0, 0.1) is 0 Å². The van der Waals surface area contributed by atoms with Crippen molar-refractivity contribution in [1.29, 1.82) is 0 Å². The van der Waals surface area contributed by atoms with E-state index in [1.807, 2.05) is 0 Å². The molecule has 0 aromatic heterocycles. The number of β-amino-alcohol motifs (C(OH)–C–C–N with tert-alkyl or cyclic N) is 1. The van der Waals surface area contributed by atoms with Crippen LogP contribution in [0.1, 0.15) is 0 Å². The number of hydrogen-bond acceptors (Lipinski definition) is 6. The summed E-state index contributed by atoms with van der Waals surface area (Å²) in [6.07, 6.45) is -2.48. The van der Waals surface area contributed by atoms with E-state index >= 15 is 0 Å². The van der Waals surface area contributed by atoms with Crippen LogP contribution in [0.2, 0.25) is 0 Å². The maximum absolute atomic E-state index is 9.31. The molecule has 1 saturated heterocycles. The predicted octanol–water partition coefficient (Wildman–Crippen LogP) is -2.86. The third-order valence-electron chi connectivity index (χ3n) is 2.34. The lowest BCUT2D eigenvalue weighted by atomic mass is 9.95. The fourth-order valence-corrected chi connectivity index (χ4v) is 1.37. The lowest BCUT2D eigenvalue weighted by Gasteiger charge is -2.32. The Hall–Kier alpha value is -0.240. The van der Waals surface area contributed by atoms with Crippen molar-refractivity contribution in [2.75, 3.05) is 19.8 Å². The minimum atomic E-state index is -1.53. The lowest BCUT2D eigenvalue weighted by molar-refractivity contribution is -0.195. The molecule has 1 heterocycles. The molecule has 6 heteroatoms. The molecule has 2 unspecified atom stereocenters. The van der Waals surface area contributed by atoms with Gasteiger partial charge in [-0.15, -0.1) is 0 Å². The van der Waals surface area contributed by atoms with Gasteiger partial charge in [-0.1, -0.05) is 0 Å². The molecule has 0 aromatic carbocycles. The van der Waals surface area contributed by atoms with E-state index in [0.29, 0.717) is 5.06 Å². The fourth-order valence-electron chi connectivity index (χ4n) is 1.37. The van der Waals surface area contributed by atoms with Gasteiger partial charge in [0.2, 0.25) is 0 Å². The number of rotatable bonds is 2. The van der Waals surface area contributed by atoms with Crippen LogP contribution in [0.25, 0.3) is 0 Å². The molecule has 12 heavy (non-hydrogen) atoms. The maximum atomic E-state index is 9.31. The zero-order chi connectivity index (χ0) is 9.35. The number of aliphatic hydroxyl groups excluding tert-OH is 4. The number of nitrogens with zero attached hydrogens (tertiary/aromatic N) is 1. The fraction of sp³-hybridized carbons (Fsp3) is 1.00. The summed E-state index contributed by atoms with van der Waals surface area (Å²) in [5, 5.41) is 45.8. The molecule has 6 nitrogen and oxygen atoms in total. The maximum Gasteiger partial charge on any atom is 0.120 e. The summed E-state index contributed by atoms with van der Waals surface area (Å²) in [4.78, 5) is 0.